The summed E-state index contributed by atoms with van der Waals surface area (Å²) in [5, 5.41) is 12.6. The zero-order valence-electron chi connectivity index (χ0n) is 15.2. The number of piperidine rings is 1. The Morgan fingerprint density at radius 1 is 1.46 bits per heavy atom. The highest BCUT2D eigenvalue weighted by molar-refractivity contribution is 5.50. The molecule has 136 valence electrons. The second kappa shape index (κ2) is 7.10. The van der Waals surface area contributed by atoms with E-state index in [4.69, 9.17) is 10.00 Å². The number of nitriles is 1. The molecule has 0 aliphatic carbocycles. The average molecular weight is 351 g/mol. The summed E-state index contributed by atoms with van der Waals surface area (Å²) in [6.45, 7) is 3.72. The lowest BCUT2D eigenvalue weighted by atomic mass is 9.88. The fraction of sp³-hybridized carbons (Fsp3) is 0.500. The van der Waals surface area contributed by atoms with Crippen LogP contribution in [-0.2, 0) is 18.3 Å². The van der Waals surface area contributed by atoms with Gasteiger partial charge in [-0.1, -0.05) is 6.07 Å². The van der Waals surface area contributed by atoms with Crippen LogP contribution in [-0.4, -0.2) is 45.8 Å². The Hall–Kier alpha value is -2.36. The third-order valence-electron chi connectivity index (χ3n) is 5.49. The summed E-state index contributed by atoms with van der Waals surface area (Å²) in [5.41, 5.74) is 2.87. The first-order chi connectivity index (χ1) is 12.7. The number of likely N-dealkylation sites (tertiary alicyclic amines) is 1. The van der Waals surface area contributed by atoms with Gasteiger partial charge >= 0.3 is 0 Å². The number of hydrogen-bond acceptors (Lipinski definition) is 5. The minimum Gasteiger partial charge on any atom is -0.380 e. The van der Waals surface area contributed by atoms with E-state index in [-0.39, 0.29) is 5.60 Å². The number of imidazole rings is 1. The van der Waals surface area contributed by atoms with Gasteiger partial charge in [0.15, 0.2) is 0 Å². The van der Waals surface area contributed by atoms with Crippen LogP contribution in [0.25, 0.3) is 0 Å². The van der Waals surface area contributed by atoms with Gasteiger partial charge in [0.2, 0.25) is 0 Å². The molecule has 2 aliphatic heterocycles. The molecule has 1 N–H and O–H groups in total. The highest BCUT2D eigenvalue weighted by Crippen LogP contribution is 2.36. The highest BCUT2D eigenvalue weighted by Gasteiger charge is 2.43. The molecule has 2 fully saturated rings. The molecule has 4 rings (SSSR count). The highest BCUT2D eigenvalue weighted by atomic mass is 16.5. The lowest BCUT2D eigenvalue weighted by Gasteiger charge is -2.39. The van der Waals surface area contributed by atoms with Crippen molar-refractivity contribution in [2.45, 2.75) is 37.5 Å². The van der Waals surface area contributed by atoms with Crippen LogP contribution in [0.3, 0.4) is 0 Å². The van der Waals surface area contributed by atoms with E-state index in [0.717, 1.165) is 51.2 Å². The Morgan fingerprint density at radius 3 is 3.19 bits per heavy atom. The second-order valence-corrected chi connectivity index (χ2v) is 7.54. The smallest absolute Gasteiger partial charge is 0.0992 e. The number of hydrogen-bond donors (Lipinski definition) is 1. The number of ether oxygens (including phenoxy) is 1. The van der Waals surface area contributed by atoms with Crippen LogP contribution in [0.4, 0.5) is 5.69 Å². The Bertz CT molecular complexity index is 811. The van der Waals surface area contributed by atoms with E-state index in [1.807, 2.05) is 43.8 Å². The Kier molecular flexibility index (Phi) is 4.66. The Balaban J connectivity index is 1.38. The fourth-order valence-corrected chi connectivity index (χ4v) is 4.23. The van der Waals surface area contributed by atoms with E-state index in [9.17, 15) is 0 Å². The van der Waals surface area contributed by atoms with Crippen molar-refractivity contribution in [1.82, 2.24) is 14.5 Å². The molecule has 6 heteroatoms. The molecule has 1 aromatic carbocycles. The molecule has 26 heavy (non-hydrogen) atoms. The molecule has 2 aromatic rings. The fourth-order valence-electron chi connectivity index (χ4n) is 4.23. The normalized spacial score (nSPS) is 26.1. The summed E-state index contributed by atoms with van der Waals surface area (Å²) >= 11 is 0. The van der Waals surface area contributed by atoms with E-state index in [2.05, 4.69) is 25.8 Å². The molecule has 1 aromatic heterocycles. The molecule has 0 bridgehead atoms. The maximum Gasteiger partial charge on any atom is 0.0992 e. The predicted molar refractivity (Wildman–Crippen MR) is 99.6 cm³/mol. The van der Waals surface area contributed by atoms with Gasteiger partial charge in [-0.15, -0.1) is 0 Å². The van der Waals surface area contributed by atoms with Crippen molar-refractivity contribution in [3.63, 3.8) is 0 Å². The van der Waals surface area contributed by atoms with E-state index in [1.165, 1.54) is 5.69 Å². The zero-order valence-corrected chi connectivity index (χ0v) is 15.2. The number of rotatable bonds is 4. The average Bonchev–Trinajstić information content (AvgIpc) is 3.22. The number of anilines is 1. The third-order valence-corrected chi connectivity index (χ3v) is 5.49. The summed E-state index contributed by atoms with van der Waals surface area (Å²) in [7, 11) is 2.05. The number of aryl methyl sites for hydroxylation is 1. The van der Waals surface area contributed by atoms with Gasteiger partial charge in [-0.3, -0.25) is 4.90 Å². The van der Waals surface area contributed by atoms with Gasteiger partial charge in [-0.25, -0.2) is 4.98 Å². The first-order valence-electron chi connectivity index (χ1n) is 9.24. The first kappa shape index (κ1) is 17.1. The molecule has 1 spiro atoms. The van der Waals surface area contributed by atoms with Gasteiger partial charge in [-0.05, 0) is 44.0 Å². The number of nitrogens with zero attached hydrogens (tertiary/aromatic N) is 4. The number of aromatic nitrogens is 2. The van der Waals surface area contributed by atoms with Gasteiger partial charge in [0, 0.05) is 32.0 Å². The molecule has 0 saturated carbocycles. The van der Waals surface area contributed by atoms with E-state index in [1.54, 1.807) is 0 Å². The van der Waals surface area contributed by atoms with Crippen molar-refractivity contribution in [2.24, 2.45) is 7.05 Å². The van der Waals surface area contributed by atoms with Crippen molar-refractivity contribution < 1.29 is 4.74 Å². The van der Waals surface area contributed by atoms with Gasteiger partial charge in [0.25, 0.3) is 0 Å². The van der Waals surface area contributed by atoms with Crippen molar-refractivity contribution >= 4 is 5.69 Å². The topological polar surface area (TPSA) is 66.1 Å². The summed E-state index contributed by atoms with van der Waals surface area (Å²) in [6.07, 6.45) is 7.09. The molecular formula is C20H25N5O. The molecule has 0 amide bonds. The minimum atomic E-state index is -0.0542. The van der Waals surface area contributed by atoms with Crippen LogP contribution in [0.15, 0.2) is 36.8 Å². The van der Waals surface area contributed by atoms with Crippen LogP contribution in [0.2, 0.25) is 0 Å². The molecule has 3 heterocycles. The van der Waals surface area contributed by atoms with Crippen molar-refractivity contribution in [3.8, 4) is 6.07 Å². The maximum atomic E-state index is 9.06. The molecule has 2 atom stereocenters. The van der Waals surface area contributed by atoms with Gasteiger partial charge in [0.05, 0.1) is 41.9 Å². The maximum absolute atomic E-state index is 9.06. The zero-order chi connectivity index (χ0) is 18.0. The monoisotopic (exact) mass is 351 g/mol. The quantitative estimate of drug-likeness (QED) is 0.917. The van der Waals surface area contributed by atoms with E-state index in [0.29, 0.717) is 11.6 Å². The number of benzene rings is 1. The molecule has 2 unspecified atom stereocenters. The van der Waals surface area contributed by atoms with Gasteiger partial charge < -0.3 is 14.6 Å². The Morgan fingerprint density at radius 2 is 2.38 bits per heavy atom. The lowest BCUT2D eigenvalue weighted by Crippen LogP contribution is -2.47. The van der Waals surface area contributed by atoms with E-state index < -0.39 is 0 Å². The molecule has 6 nitrogen and oxygen atoms in total. The minimum absolute atomic E-state index is 0.0542. The largest absolute Gasteiger partial charge is 0.380 e. The van der Waals surface area contributed by atoms with E-state index >= 15 is 0 Å². The molecule has 2 saturated heterocycles. The van der Waals surface area contributed by atoms with Crippen LogP contribution in [0.1, 0.15) is 30.5 Å². The van der Waals surface area contributed by atoms with Crippen molar-refractivity contribution in [1.29, 1.82) is 5.26 Å². The predicted octanol–water partition coefficient (Wildman–Crippen LogP) is 2.53. The molecular weight excluding hydrogens is 326 g/mol. The SMILES string of the molecule is Cn1cncc1CN1CCCC2(CC(Nc3cccc(C#N)c3)CO2)C1. The van der Waals surface area contributed by atoms with Crippen LogP contribution < -0.4 is 5.32 Å². The van der Waals surface area contributed by atoms with Crippen LogP contribution >= 0.6 is 0 Å². The molecule has 0 radical (unpaired) electrons. The summed E-state index contributed by atoms with van der Waals surface area (Å²) in [5.74, 6) is 0. The summed E-state index contributed by atoms with van der Waals surface area (Å²) < 4.78 is 8.40. The second-order valence-electron chi connectivity index (χ2n) is 7.54. The summed E-state index contributed by atoms with van der Waals surface area (Å²) in [6, 6.07) is 10.2. The Labute approximate surface area is 154 Å². The van der Waals surface area contributed by atoms with Gasteiger partial charge in [-0.2, -0.15) is 5.26 Å². The van der Waals surface area contributed by atoms with Crippen LogP contribution in [0, 0.1) is 11.3 Å². The van der Waals surface area contributed by atoms with Crippen molar-refractivity contribution in [2.75, 3.05) is 25.0 Å². The third kappa shape index (κ3) is 3.59. The standard InChI is InChI=1S/C20H25N5O/c1-24-15-22-11-19(24)12-25-7-3-6-20(14-25)9-18(13-26-20)23-17-5-2-4-16(8-17)10-21/h2,4-5,8,11,15,18,23H,3,6-7,9,12-14H2,1H3. The van der Waals surface area contributed by atoms with Crippen LogP contribution in [0.5, 0.6) is 0 Å². The number of nitrogens with one attached hydrogen (secondary N) is 1. The first-order valence-corrected chi connectivity index (χ1v) is 9.24. The lowest BCUT2D eigenvalue weighted by molar-refractivity contribution is -0.0537. The van der Waals surface area contributed by atoms with Gasteiger partial charge in [0.1, 0.15) is 0 Å². The van der Waals surface area contributed by atoms with Crippen molar-refractivity contribution in [3.05, 3.63) is 48.0 Å². The summed E-state index contributed by atoms with van der Waals surface area (Å²) in [4.78, 5) is 6.71. The molecule has 2 aliphatic rings.